The number of anilines is 3. The highest BCUT2D eigenvalue weighted by atomic mass is 35.5. The normalized spacial score (nSPS) is 10.1. The summed E-state index contributed by atoms with van der Waals surface area (Å²) in [6.45, 7) is 0. The first-order valence-corrected chi connectivity index (χ1v) is 8.42. The quantitative estimate of drug-likeness (QED) is 0.635. The molecule has 0 bridgehead atoms. The average molecular weight is 382 g/mol. The first-order valence-electron chi connectivity index (χ1n) is 8.04. The molecular weight excluding hydrogens is 366 g/mol. The summed E-state index contributed by atoms with van der Waals surface area (Å²) >= 11 is 6.14. The molecule has 1 heterocycles. The Hall–Kier alpha value is -3.38. The summed E-state index contributed by atoms with van der Waals surface area (Å²) in [6, 6.07) is 17.1. The molecule has 0 radical (unpaired) electrons. The van der Waals surface area contributed by atoms with Gasteiger partial charge in [0.25, 0.3) is 5.91 Å². The lowest BCUT2D eigenvalue weighted by atomic mass is 10.2. The van der Waals surface area contributed by atoms with Crippen LogP contribution in [0.3, 0.4) is 0 Å². The predicted octanol–water partition coefficient (Wildman–Crippen LogP) is 4.52. The SMILES string of the molecule is COC(=O)c1cccc(NC(=O)c2cc(Nc3ccccc3Cl)ccn2)c1. The third-order valence-corrected chi connectivity index (χ3v) is 4.02. The van der Waals surface area contributed by atoms with Crippen LogP contribution in [0.15, 0.2) is 66.9 Å². The van der Waals surface area contributed by atoms with E-state index < -0.39 is 11.9 Å². The molecule has 1 amide bonds. The molecule has 0 atom stereocenters. The maximum Gasteiger partial charge on any atom is 0.337 e. The van der Waals surface area contributed by atoms with E-state index in [9.17, 15) is 9.59 Å². The van der Waals surface area contributed by atoms with E-state index >= 15 is 0 Å². The van der Waals surface area contributed by atoms with Gasteiger partial charge < -0.3 is 15.4 Å². The van der Waals surface area contributed by atoms with Gasteiger partial charge in [0.1, 0.15) is 5.69 Å². The maximum atomic E-state index is 12.5. The molecule has 0 saturated heterocycles. The molecule has 0 unspecified atom stereocenters. The number of esters is 1. The second-order valence-corrected chi connectivity index (χ2v) is 5.97. The van der Waals surface area contributed by atoms with Gasteiger partial charge in [0.2, 0.25) is 0 Å². The number of para-hydroxylation sites is 1. The molecule has 0 aliphatic rings. The molecule has 3 rings (SSSR count). The summed E-state index contributed by atoms with van der Waals surface area (Å²) in [7, 11) is 1.30. The van der Waals surface area contributed by atoms with Crippen LogP contribution >= 0.6 is 11.6 Å². The molecule has 0 aliphatic carbocycles. The van der Waals surface area contributed by atoms with Crippen molar-refractivity contribution >= 4 is 40.5 Å². The zero-order valence-electron chi connectivity index (χ0n) is 14.4. The molecule has 0 saturated carbocycles. The van der Waals surface area contributed by atoms with Crippen LogP contribution < -0.4 is 10.6 Å². The fraction of sp³-hybridized carbons (Fsp3) is 0.0500. The second-order valence-electron chi connectivity index (χ2n) is 5.56. The van der Waals surface area contributed by atoms with E-state index in [1.807, 2.05) is 18.2 Å². The van der Waals surface area contributed by atoms with Crippen molar-refractivity contribution in [3.05, 3.63) is 83.1 Å². The van der Waals surface area contributed by atoms with Gasteiger partial charge in [0.05, 0.1) is 23.4 Å². The number of halogens is 1. The summed E-state index contributed by atoms with van der Waals surface area (Å²) in [5.41, 5.74) is 2.43. The molecule has 7 heteroatoms. The summed E-state index contributed by atoms with van der Waals surface area (Å²) in [5.74, 6) is -0.880. The Morgan fingerprint density at radius 3 is 2.59 bits per heavy atom. The van der Waals surface area contributed by atoms with Gasteiger partial charge in [0.15, 0.2) is 0 Å². The van der Waals surface area contributed by atoms with Gasteiger partial charge in [-0.05, 0) is 42.5 Å². The van der Waals surface area contributed by atoms with Crippen LogP contribution in [0.5, 0.6) is 0 Å². The van der Waals surface area contributed by atoms with E-state index in [2.05, 4.69) is 20.4 Å². The number of carbonyl (C=O) groups is 2. The van der Waals surface area contributed by atoms with E-state index in [1.54, 1.807) is 36.4 Å². The Morgan fingerprint density at radius 1 is 1.00 bits per heavy atom. The molecule has 2 N–H and O–H groups in total. The van der Waals surface area contributed by atoms with Crippen LogP contribution in [0.2, 0.25) is 5.02 Å². The van der Waals surface area contributed by atoms with Gasteiger partial charge in [0, 0.05) is 17.6 Å². The van der Waals surface area contributed by atoms with E-state index in [4.69, 9.17) is 11.6 Å². The zero-order chi connectivity index (χ0) is 19.2. The van der Waals surface area contributed by atoms with Crippen molar-refractivity contribution in [2.75, 3.05) is 17.7 Å². The molecule has 0 fully saturated rings. The summed E-state index contributed by atoms with van der Waals surface area (Å²) < 4.78 is 4.68. The van der Waals surface area contributed by atoms with Gasteiger partial charge in [-0.2, -0.15) is 0 Å². The fourth-order valence-electron chi connectivity index (χ4n) is 2.39. The van der Waals surface area contributed by atoms with Gasteiger partial charge in [-0.15, -0.1) is 0 Å². The summed E-state index contributed by atoms with van der Waals surface area (Å²) in [4.78, 5) is 28.2. The average Bonchev–Trinajstić information content (AvgIpc) is 2.69. The summed E-state index contributed by atoms with van der Waals surface area (Å²) in [6.07, 6.45) is 1.53. The molecule has 1 aromatic heterocycles. The smallest absolute Gasteiger partial charge is 0.337 e. The minimum atomic E-state index is -0.477. The fourth-order valence-corrected chi connectivity index (χ4v) is 2.57. The number of aromatic nitrogens is 1. The van der Waals surface area contributed by atoms with Crippen LogP contribution in [0, 0.1) is 0 Å². The third kappa shape index (κ3) is 4.62. The van der Waals surface area contributed by atoms with Crippen molar-refractivity contribution in [2.24, 2.45) is 0 Å². The molecular formula is C20H16ClN3O3. The van der Waals surface area contributed by atoms with E-state index in [0.29, 0.717) is 22.0 Å². The zero-order valence-corrected chi connectivity index (χ0v) is 15.2. The van der Waals surface area contributed by atoms with Crippen LogP contribution in [0.25, 0.3) is 0 Å². The van der Waals surface area contributed by atoms with Crippen molar-refractivity contribution in [3.63, 3.8) is 0 Å². The van der Waals surface area contributed by atoms with Gasteiger partial charge >= 0.3 is 5.97 Å². The highest BCUT2D eigenvalue weighted by Crippen LogP contribution is 2.25. The van der Waals surface area contributed by atoms with Crippen molar-refractivity contribution in [3.8, 4) is 0 Å². The van der Waals surface area contributed by atoms with Gasteiger partial charge in [-0.25, -0.2) is 4.79 Å². The number of hydrogen-bond acceptors (Lipinski definition) is 5. The Kier molecular flexibility index (Phi) is 5.68. The topological polar surface area (TPSA) is 80.3 Å². The lowest BCUT2D eigenvalue weighted by Crippen LogP contribution is -2.14. The molecule has 6 nitrogen and oxygen atoms in total. The minimum Gasteiger partial charge on any atom is -0.465 e. The standard InChI is InChI=1S/C20H16ClN3O3/c1-27-20(26)13-5-4-6-14(11-13)24-19(25)18-12-15(9-10-22-18)23-17-8-3-2-7-16(17)21/h2-12H,1H3,(H,22,23)(H,24,25). The Balaban J connectivity index is 1.76. The second kappa shape index (κ2) is 8.33. The number of amides is 1. The number of methoxy groups -OCH3 is 1. The lowest BCUT2D eigenvalue weighted by molar-refractivity contribution is 0.0600. The highest BCUT2D eigenvalue weighted by Gasteiger charge is 2.11. The number of rotatable bonds is 5. The minimum absolute atomic E-state index is 0.218. The molecule has 3 aromatic rings. The molecule has 136 valence electrons. The molecule has 0 aliphatic heterocycles. The number of nitrogens with one attached hydrogen (secondary N) is 2. The van der Waals surface area contributed by atoms with Crippen LogP contribution in [-0.4, -0.2) is 24.0 Å². The Morgan fingerprint density at radius 2 is 1.81 bits per heavy atom. The lowest BCUT2D eigenvalue weighted by Gasteiger charge is -2.10. The number of ether oxygens (including phenoxy) is 1. The van der Waals surface area contributed by atoms with Crippen LogP contribution in [0.1, 0.15) is 20.8 Å². The summed E-state index contributed by atoms with van der Waals surface area (Å²) in [5, 5.41) is 6.44. The first-order chi connectivity index (χ1) is 13.1. The van der Waals surface area contributed by atoms with Crippen molar-refractivity contribution in [1.29, 1.82) is 0 Å². The van der Waals surface area contributed by atoms with Crippen LogP contribution in [-0.2, 0) is 4.74 Å². The first kappa shape index (κ1) is 18.4. The van der Waals surface area contributed by atoms with Crippen LogP contribution in [0.4, 0.5) is 17.1 Å². The van der Waals surface area contributed by atoms with Crippen molar-refractivity contribution < 1.29 is 14.3 Å². The van der Waals surface area contributed by atoms with Gasteiger partial charge in [-0.1, -0.05) is 29.8 Å². The monoisotopic (exact) mass is 381 g/mol. The highest BCUT2D eigenvalue weighted by molar-refractivity contribution is 6.33. The molecule has 27 heavy (non-hydrogen) atoms. The molecule has 0 spiro atoms. The van der Waals surface area contributed by atoms with Crippen molar-refractivity contribution in [2.45, 2.75) is 0 Å². The predicted molar refractivity (Wildman–Crippen MR) is 105 cm³/mol. The number of pyridine rings is 1. The third-order valence-electron chi connectivity index (χ3n) is 3.69. The molecule has 2 aromatic carbocycles. The van der Waals surface area contributed by atoms with E-state index in [0.717, 1.165) is 5.69 Å². The van der Waals surface area contributed by atoms with Crippen molar-refractivity contribution in [1.82, 2.24) is 4.98 Å². The number of benzene rings is 2. The number of nitrogens with zero attached hydrogens (tertiary/aromatic N) is 1. The Bertz CT molecular complexity index is 991. The number of carbonyl (C=O) groups excluding carboxylic acids is 2. The van der Waals surface area contributed by atoms with E-state index in [1.165, 1.54) is 19.4 Å². The Labute approximate surface area is 161 Å². The number of hydrogen-bond donors (Lipinski definition) is 2. The van der Waals surface area contributed by atoms with Gasteiger partial charge in [-0.3, -0.25) is 9.78 Å². The van der Waals surface area contributed by atoms with E-state index in [-0.39, 0.29) is 5.69 Å². The maximum absolute atomic E-state index is 12.5. The largest absolute Gasteiger partial charge is 0.465 e.